The highest BCUT2D eigenvalue weighted by atomic mass is 32.2. The van der Waals surface area contributed by atoms with Gasteiger partial charge < -0.3 is 10.6 Å². The third-order valence-corrected chi connectivity index (χ3v) is 4.58. The molecule has 1 aromatic rings. The molecule has 1 amide bonds. The Hall–Kier alpha value is -1.44. The third kappa shape index (κ3) is 3.56. The smallest absolute Gasteiger partial charge is 0.253 e. The van der Waals surface area contributed by atoms with Crippen LogP contribution in [0, 0.1) is 18.8 Å². The van der Waals surface area contributed by atoms with Crippen LogP contribution in [0.5, 0.6) is 0 Å². The number of amides is 1. The summed E-state index contributed by atoms with van der Waals surface area (Å²) in [5.74, 6) is 8.09. The summed E-state index contributed by atoms with van der Waals surface area (Å²) in [5, 5.41) is 0. The summed E-state index contributed by atoms with van der Waals surface area (Å²) < 4.78 is 0. The van der Waals surface area contributed by atoms with Gasteiger partial charge in [-0.25, -0.2) is 0 Å². The molecule has 0 aromatic heterocycles. The van der Waals surface area contributed by atoms with Gasteiger partial charge >= 0.3 is 0 Å². The maximum Gasteiger partial charge on any atom is 0.253 e. The average Bonchev–Trinajstić information content (AvgIpc) is 2.97. The summed E-state index contributed by atoms with van der Waals surface area (Å²) in [7, 11) is 1.90. The van der Waals surface area contributed by atoms with Gasteiger partial charge in [-0.05, 0) is 42.9 Å². The summed E-state index contributed by atoms with van der Waals surface area (Å²) in [5.41, 5.74) is 8.01. The SMILES string of the molecule is Cc1cc(C#CCN)cc(C(=O)N(C)C2CCSC2)c1. The van der Waals surface area contributed by atoms with Crippen molar-refractivity contribution in [2.75, 3.05) is 25.1 Å². The van der Waals surface area contributed by atoms with Gasteiger partial charge in [0.15, 0.2) is 0 Å². The molecule has 1 aliphatic rings. The Balaban J connectivity index is 2.22. The van der Waals surface area contributed by atoms with E-state index in [0.717, 1.165) is 29.1 Å². The molecule has 106 valence electrons. The van der Waals surface area contributed by atoms with Gasteiger partial charge in [0, 0.05) is 30.0 Å². The maximum atomic E-state index is 12.6. The Bertz CT molecular complexity index is 553. The zero-order chi connectivity index (χ0) is 14.5. The van der Waals surface area contributed by atoms with Gasteiger partial charge in [-0.1, -0.05) is 11.8 Å². The van der Waals surface area contributed by atoms with Crippen molar-refractivity contribution in [1.82, 2.24) is 4.90 Å². The van der Waals surface area contributed by atoms with Crippen LogP contribution in [0.2, 0.25) is 0 Å². The van der Waals surface area contributed by atoms with E-state index in [9.17, 15) is 4.79 Å². The molecule has 4 heteroatoms. The molecule has 1 aliphatic heterocycles. The van der Waals surface area contributed by atoms with Crippen LogP contribution in [0.1, 0.15) is 27.9 Å². The second kappa shape index (κ2) is 6.83. The number of carbonyl (C=O) groups is 1. The Labute approximate surface area is 124 Å². The van der Waals surface area contributed by atoms with Crippen LogP contribution >= 0.6 is 11.8 Å². The molecule has 1 unspecified atom stereocenters. The number of benzene rings is 1. The number of hydrogen-bond donors (Lipinski definition) is 1. The first-order valence-corrected chi connectivity index (χ1v) is 7.93. The Kier molecular flexibility index (Phi) is 5.11. The lowest BCUT2D eigenvalue weighted by molar-refractivity contribution is 0.0747. The molecular weight excluding hydrogens is 268 g/mol. The van der Waals surface area contributed by atoms with Gasteiger partial charge in [-0.15, -0.1) is 0 Å². The second-order valence-corrected chi connectivity index (χ2v) is 6.18. The van der Waals surface area contributed by atoms with Gasteiger partial charge in [-0.2, -0.15) is 11.8 Å². The van der Waals surface area contributed by atoms with Crippen LogP contribution in [-0.2, 0) is 0 Å². The van der Waals surface area contributed by atoms with Crippen LogP contribution in [0.25, 0.3) is 0 Å². The number of nitrogens with two attached hydrogens (primary N) is 1. The van der Waals surface area contributed by atoms with E-state index in [2.05, 4.69) is 11.8 Å². The van der Waals surface area contributed by atoms with E-state index < -0.39 is 0 Å². The molecular formula is C16H20N2OS. The van der Waals surface area contributed by atoms with Crippen molar-refractivity contribution < 1.29 is 4.79 Å². The lowest BCUT2D eigenvalue weighted by Crippen LogP contribution is -2.37. The number of aryl methyl sites for hydroxylation is 1. The first-order chi connectivity index (χ1) is 9.61. The Morgan fingerprint density at radius 1 is 1.50 bits per heavy atom. The average molecular weight is 288 g/mol. The summed E-state index contributed by atoms with van der Waals surface area (Å²) in [6, 6.07) is 6.11. The van der Waals surface area contributed by atoms with Crippen LogP contribution in [0.15, 0.2) is 18.2 Å². The predicted molar refractivity (Wildman–Crippen MR) is 84.9 cm³/mol. The largest absolute Gasteiger partial charge is 0.338 e. The van der Waals surface area contributed by atoms with E-state index >= 15 is 0 Å². The number of carbonyl (C=O) groups excluding carboxylic acids is 1. The standard InChI is InChI=1S/C16H20N2OS/c1-12-8-13(4-3-6-17)10-14(9-12)16(19)18(2)15-5-7-20-11-15/h8-10,15H,5-7,11,17H2,1-2H3. The zero-order valence-corrected chi connectivity index (χ0v) is 12.8. The third-order valence-electron chi connectivity index (χ3n) is 3.43. The molecule has 3 nitrogen and oxygen atoms in total. The Morgan fingerprint density at radius 3 is 2.95 bits per heavy atom. The molecule has 1 fully saturated rings. The van der Waals surface area contributed by atoms with Gasteiger partial charge in [0.1, 0.15) is 0 Å². The number of hydrogen-bond acceptors (Lipinski definition) is 3. The number of thioether (sulfide) groups is 1. The van der Waals surface area contributed by atoms with Gasteiger partial charge in [0.2, 0.25) is 0 Å². The van der Waals surface area contributed by atoms with Crippen molar-refractivity contribution in [2.24, 2.45) is 5.73 Å². The molecule has 0 radical (unpaired) electrons. The molecule has 0 aliphatic carbocycles. The normalized spacial score (nSPS) is 17.4. The highest BCUT2D eigenvalue weighted by molar-refractivity contribution is 7.99. The molecule has 0 saturated carbocycles. The molecule has 20 heavy (non-hydrogen) atoms. The predicted octanol–water partition coefficient (Wildman–Crippen LogP) is 1.88. The van der Waals surface area contributed by atoms with E-state index in [1.807, 2.05) is 48.8 Å². The molecule has 0 bridgehead atoms. The first-order valence-electron chi connectivity index (χ1n) is 6.77. The summed E-state index contributed by atoms with van der Waals surface area (Å²) in [4.78, 5) is 14.4. The topological polar surface area (TPSA) is 46.3 Å². The minimum atomic E-state index is 0.0806. The fourth-order valence-electron chi connectivity index (χ4n) is 2.33. The zero-order valence-electron chi connectivity index (χ0n) is 12.0. The van der Waals surface area contributed by atoms with E-state index in [1.165, 1.54) is 0 Å². The van der Waals surface area contributed by atoms with Crippen LogP contribution < -0.4 is 5.73 Å². The lowest BCUT2D eigenvalue weighted by atomic mass is 10.0. The molecule has 1 atom stereocenters. The minimum Gasteiger partial charge on any atom is -0.338 e. The fourth-order valence-corrected chi connectivity index (χ4v) is 3.60. The summed E-state index contributed by atoms with van der Waals surface area (Å²) >= 11 is 1.91. The molecule has 2 rings (SSSR count). The molecule has 1 heterocycles. The number of nitrogens with zero attached hydrogens (tertiary/aromatic N) is 1. The molecule has 1 aromatic carbocycles. The maximum absolute atomic E-state index is 12.6. The summed E-state index contributed by atoms with van der Waals surface area (Å²) in [6.07, 6.45) is 1.08. The van der Waals surface area contributed by atoms with Crippen LogP contribution in [0.4, 0.5) is 0 Å². The van der Waals surface area contributed by atoms with Gasteiger partial charge in [0.25, 0.3) is 5.91 Å². The van der Waals surface area contributed by atoms with Gasteiger partial charge in [-0.3, -0.25) is 4.79 Å². The van der Waals surface area contributed by atoms with Crippen molar-refractivity contribution in [3.63, 3.8) is 0 Å². The number of rotatable bonds is 2. The van der Waals surface area contributed by atoms with Crippen molar-refractivity contribution >= 4 is 17.7 Å². The highest BCUT2D eigenvalue weighted by Gasteiger charge is 2.24. The molecule has 1 saturated heterocycles. The second-order valence-electron chi connectivity index (χ2n) is 5.03. The van der Waals surface area contributed by atoms with Crippen LogP contribution in [-0.4, -0.2) is 41.9 Å². The fraction of sp³-hybridized carbons (Fsp3) is 0.438. The monoisotopic (exact) mass is 288 g/mol. The van der Waals surface area contributed by atoms with Crippen molar-refractivity contribution in [3.05, 3.63) is 34.9 Å². The molecule has 2 N–H and O–H groups in total. The van der Waals surface area contributed by atoms with Crippen molar-refractivity contribution in [3.8, 4) is 11.8 Å². The lowest BCUT2D eigenvalue weighted by Gasteiger charge is -2.24. The van der Waals surface area contributed by atoms with Crippen molar-refractivity contribution in [1.29, 1.82) is 0 Å². The van der Waals surface area contributed by atoms with E-state index in [1.54, 1.807) is 0 Å². The van der Waals surface area contributed by atoms with Gasteiger partial charge in [0.05, 0.1) is 6.54 Å². The van der Waals surface area contributed by atoms with E-state index in [-0.39, 0.29) is 5.91 Å². The van der Waals surface area contributed by atoms with E-state index in [0.29, 0.717) is 18.2 Å². The molecule has 0 spiro atoms. The Morgan fingerprint density at radius 2 is 2.30 bits per heavy atom. The highest BCUT2D eigenvalue weighted by Crippen LogP contribution is 2.23. The quantitative estimate of drug-likeness (QED) is 0.845. The van der Waals surface area contributed by atoms with Crippen LogP contribution in [0.3, 0.4) is 0 Å². The van der Waals surface area contributed by atoms with Crippen molar-refractivity contribution in [2.45, 2.75) is 19.4 Å². The minimum absolute atomic E-state index is 0.0806. The first kappa shape index (κ1) is 15.0. The summed E-state index contributed by atoms with van der Waals surface area (Å²) in [6.45, 7) is 2.31. The van der Waals surface area contributed by atoms with E-state index in [4.69, 9.17) is 5.73 Å².